The molecule has 3 aromatic rings. The van der Waals surface area contributed by atoms with Crippen LogP contribution < -0.4 is 4.74 Å². The highest BCUT2D eigenvalue weighted by Crippen LogP contribution is 2.28. The Balaban J connectivity index is 2.04. The molecule has 0 amide bonds. The van der Waals surface area contributed by atoms with Crippen molar-refractivity contribution >= 4 is 22.9 Å². The summed E-state index contributed by atoms with van der Waals surface area (Å²) in [6.45, 7) is 4.00. The van der Waals surface area contributed by atoms with Crippen LogP contribution in [0.4, 0.5) is 0 Å². The summed E-state index contributed by atoms with van der Waals surface area (Å²) in [6, 6.07) is 15.6. The van der Waals surface area contributed by atoms with Gasteiger partial charge >= 0.3 is 0 Å². The molecule has 0 atom stereocenters. The third-order valence-electron chi connectivity index (χ3n) is 4.17. The van der Waals surface area contributed by atoms with Gasteiger partial charge < -0.3 is 4.74 Å². The normalized spacial score (nSPS) is 11.3. The van der Waals surface area contributed by atoms with Gasteiger partial charge in [0.2, 0.25) is 0 Å². The van der Waals surface area contributed by atoms with E-state index >= 15 is 0 Å². The van der Waals surface area contributed by atoms with E-state index in [9.17, 15) is 4.79 Å². The predicted octanol–water partition coefficient (Wildman–Crippen LogP) is 4.62. The Morgan fingerprint density at radius 3 is 2.52 bits per heavy atom. The minimum absolute atomic E-state index is 0.0466. The van der Waals surface area contributed by atoms with Crippen molar-refractivity contribution in [3.63, 3.8) is 0 Å². The summed E-state index contributed by atoms with van der Waals surface area (Å²) in [4.78, 5) is 12.7. The average Bonchev–Trinajstić information content (AvgIpc) is 2.84. The van der Waals surface area contributed by atoms with E-state index in [1.165, 1.54) is 0 Å². The molecular weight excluding hydrogens is 286 g/mol. The van der Waals surface area contributed by atoms with E-state index in [2.05, 4.69) is 0 Å². The van der Waals surface area contributed by atoms with E-state index < -0.39 is 0 Å². The molecule has 0 saturated carbocycles. The number of aromatic nitrogens is 1. The van der Waals surface area contributed by atoms with E-state index in [4.69, 9.17) is 4.74 Å². The molecule has 0 N–H and O–H groups in total. The first kappa shape index (κ1) is 15.1. The van der Waals surface area contributed by atoms with Crippen LogP contribution in [0.15, 0.2) is 54.6 Å². The van der Waals surface area contributed by atoms with Crippen molar-refractivity contribution in [3.05, 3.63) is 71.4 Å². The van der Waals surface area contributed by atoms with Crippen molar-refractivity contribution in [2.24, 2.45) is 0 Å². The number of methoxy groups -OCH3 is 1. The van der Waals surface area contributed by atoms with Crippen molar-refractivity contribution in [1.82, 2.24) is 4.57 Å². The number of allylic oxidation sites excluding steroid dienone is 1. The molecule has 0 spiro atoms. The first-order valence-electron chi connectivity index (χ1n) is 7.55. The maximum atomic E-state index is 12.7. The monoisotopic (exact) mass is 305 g/mol. The van der Waals surface area contributed by atoms with Gasteiger partial charge in [0.1, 0.15) is 5.75 Å². The average molecular weight is 305 g/mol. The molecule has 0 aliphatic heterocycles. The fourth-order valence-corrected chi connectivity index (χ4v) is 2.77. The molecule has 0 fully saturated rings. The van der Waals surface area contributed by atoms with Crippen molar-refractivity contribution in [1.29, 1.82) is 0 Å². The summed E-state index contributed by atoms with van der Waals surface area (Å²) < 4.78 is 7.04. The minimum atomic E-state index is -0.0466. The molecule has 2 aromatic carbocycles. The van der Waals surface area contributed by atoms with Crippen LogP contribution in [0.2, 0.25) is 0 Å². The van der Waals surface area contributed by atoms with E-state index in [0.717, 1.165) is 33.5 Å². The minimum Gasteiger partial charge on any atom is -0.497 e. The molecule has 0 aliphatic carbocycles. The Hall–Kier alpha value is -2.81. The standard InChI is InChI=1S/C20H19NO2/c1-14-15(2)21(19-11-10-17(23-3)13-18(14)19)20(22)12-9-16-7-5-4-6-8-16/h4-13H,1-3H3/b12-9+. The van der Waals surface area contributed by atoms with Gasteiger partial charge in [-0.15, -0.1) is 0 Å². The zero-order chi connectivity index (χ0) is 16.4. The topological polar surface area (TPSA) is 31.2 Å². The van der Waals surface area contributed by atoms with Crippen molar-refractivity contribution in [3.8, 4) is 5.75 Å². The quantitative estimate of drug-likeness (QED) is 0.661. The molecule has 0 radical (unpaired) electrons. The number of fused-ring (bicyclic) bond motifs is 1. The van der Waals surface area contributed by atoms with Gasteiger partial charge in [-0.25, -0.2) is 0 Å². The van der Waals surface area contributed by atoms with Gasteiger partial charge in [0.25, 0.3) is 5.91 Å². The number of hydrogen-bond acceptors (Lipinski definition) is 2. The van der Waals surface area contributed by atoms with Crippen LogP contribution in [0.3, 0.4) is 0 Å². The van der Waals surface area contributed by atoms with Crippen LogP contribution in [0.25, 0.3) is 17.0 Å². The molecule has 23 heavy (non-hydrogen) atoms. The van der Waals surface area contributed by atoms with Gasteiger partial charge in [0, 0.05) is 17.2 Å². The third kappa shape index (κ3) is 2.78. The number of carbonyl (C=O) groups is 1. The molecule has 0 bridgehead atoms. The molecule has 3 rings (SSSR count). The number of benzene rings is 2. The number of nitrogens with zero attached hydrogens (tertiary/aromatic N) is 1. The van der Waals surface area contributed by atoms with E-state index in [1.807, 2.05) is 68.5 Å². The molecule has 0 saturated heterocycles. The van der Waals surface area contributed by atoms with Crippen LogP contribution in [0.1, 0.15) is 21.6 Å². The first-order valence-corrected chi connectivity index (χ1v) is 7.55. The Bertz CT molecular complexity index is 889. The van der Waals surface area contributed by atoms with Gasteiger partial charge in [-0.3, -0.25) is 9.36 Å². The number of rotatable bonds is 3. The molecular formula is C20H19NO2. The Morgan fingerprint density at radius 1 is 1.09 bits per heavy atom. The second-order valence-corrected chi connectivity index (χ2v) is 5.51. The van der Waals surface area contributed by atoms with Crippen LogP contribution >= 0.6 is 0 Å². The van der Waals surface area contributed by atoms with Crippen molar-refractivity contribution < 1.29 is 9.53 Å². The summed E-state index contributed by atoms with van der Waals surface area (Å²) in [5.41, 5.74) is 3.97. The molecule has 3 nitrogen and oxygen atoms in total. The summed E-state index contributed by atoms with van der Waals surface area (Å²) in [5, 5.41) is 1.04. The van der Waals surface area contributed by atoms with Gasteiger partial charge in [-0.1, -0.05) is 30.3 Å². The van der Waals surface area contributed by atoms with Crippen LogP contribution in [0, 0.1) is 13.8 Å². The van der Waals surface area contributed by atoms with Gasteiger partial charge in [0.15, 0.2) is 0 Å². The predicted molar refractivity (Wildman–Crippen MR) is 94.1 cm³/mol. The maximum absolute atomic E-state index is 12.7. The Kier molecular flexibility index (Phi) is 4.02. The highest BCUT2D eigenvalue weighted by molar-refractivity contribution is 6.02. The molecule has 0 unspecified atom stereocenters. The fourth-order valence-electron chi connectivity index (χ4n) is 2.77. The lowest BCUT2D eigenvalue weighted by Crippen LogP contribution is -2.08. The largest absolute Gasteiger partial charge is 0.497 e. The van der Waals surface area contributed by atoms with E-state index in [1.54, 1.807) is 17.8 Å². The first-order chi connectivity index (χ1) is 11.1. The van der Waals surface area contributed by atoms with Crippen molar-refractivity contribution in [2.75, 3.05) is 7.11 Å². The number of carbonyl (C=O) groups excluding carboxylic acids is 1. The molecule has 116 valence electrons. The molecule has 1 aromatic heterocycles. The maximum Gasteiger partial charge on any atom is 0.255 e. The second kappa shape index (κ2) is 6.13. The summed E-state index contributed by atoms with van der Waals surface area (Å²) in [5.74, 6) is 0.750. The summed E-state index contributed by atoms with van der Waals surface area (Å²) in [6.07, 6.45) is 3.46. The smallest absolute Gasteiger partial charge is 0.255 e. The number of hydrogen-bond donors (Lipinski definition) is 0. The lowest BCUT2D eigenvalue weighted by Gasteiger charge is -2.04. The zero-order valence-corrected chi connectivity index (χ0v) is 13.5. The number of ether oxygens (including phenoxy) is 1. The lowest BCUT2D eigenvalue weighted by atomic mass is 10.1. The SMILES string of the molecule is COc1ccc2c(c1)c(C)c(C)n2C(=O)/C=C/c1ccccc1. The zero-order valence-electron chi connectivity index (χ0n) is 13.5. The van der Waals surface area contributed by atoms with E-state index in [0.29, 0.717) is 0 Å². The number of aryl methyl sites for hydroxylation is 1. The van der Waals surface area contributed by atoms with Crippen molar-refractivity contribution in [2.45, 2.75) is 13.8 Å². The Labute approximate surface area is 135 Å². The summed E-state index contributed by atoms with van der Waals surface area (Å²) in [7, 11) is 1.65. The van der Waals surface area contributed by atoms with Gasteiger partial charge in [0.05, 0.1) is 12.6 Å². The van der Waals surface area contributed by atoms with Gasteiger partial charge in [-0.2, -0.15) is 0 Å². The highest BCUT2D eigenvalue weighted by atomic mass is 16.5. The van der Waals surface area contributed by atoms with Crippen LogP contribution in [0.5, 0.6) is 5.75 Å². The highest BCUT2D eigenvalue weighted by Gasteiger charge is 2.15. The van der Waals surface area contributed by atoms with E-state index in [-0.39, 0.29) is 5.91 Å². The summed E-state index contributed by atoms with van der Waals surface area (Å²) >= 11 is 0. The van der Waals surface area contributed by atoms with Gasteiger partial charge in [-0.05, 0) is 49.2 Å². The molecule has 1 heterocycles. The third-order valence-corrected chi connectivity index (χ3v) is 4.17. The Morgan fingerprint density at radius 2 is 1.83 bits per heavy atom. The second-order valence-electron chi connectivity index (χ2n) is 5.51. The van der Waals surface area contributed by atoms with Crippen LogP contribution in [-0.4, -0.2) is 17.6 Å². The molecule has 3 heteroatoms. The molecule has 0 aliphatic rings. The fraction of sp³-hybridized carbons (Fsp3) is 0.150. The lowest BCUT2D eigenvalue weighted by molar-refractivity contribution is 0.0973. The van der Waals surface area contributed by atoms with Crippen LogP contribution in [-0.2, 0) is 0 Å².